The van der Waals surface area contributed by atoms with E-state index < -0.39 is 0 Å². The van der Waals surface area contributed by atoms with E-state index in [1.165, 1.54) is 38.8 Å². The van der Waals surface area contributed by atoms with Gasteiger partial charge in [0.2, 0.25) is 0 Å². The van der Waals surface area contributed by atoms with Gasteiger partial charge in [0, 0.05) is 12.6 Å². The normalized spacial score (nSPS) is 13.8. The molecule has 0 bridgehead atoms. The first-order chi connectivity index (χ1) is 7.15. The maximum absolute atomic E-state index is 4.42. The fraction of sp³-hybridized carbons (Fsp3) is 1.00. The zero-order valence-corrected chi connectivity index (χ0v) is 11.9. The molecule has 0 aliphatic heterocycles. The van der Waals surface area contributed by atoms with Crippen LogP contribution >= 0.6 is 12.6 Å². The van der Waals surface area contributed by atoms with E-state index in [-0.39, 0.29) is 0 Å². The van der Waals surface area contributed by atoms with Crippen molar-refractivity contribution in [1.29, 1.82) is 0 Å². The van der Waals surface area contributed by atoms with Crippen LogP contribution in [0.4, 0.5) is 0 Å². The molecule has 0 fully saturated rings. The molecule has 0 saturated heterocycles. The lowest BCUT2D eigenvalue weighted by atomic mass is 10.1. The first-order valence-electron chi connectivity index (χ1n) is 6.50. The molecule has 0 spiro atoms. The number of hydrogen-bond acceptors (Lipinski definition) is 2. The molecule has 92 valence electrons. The van der Waals surface area contributed by atoms with Gasteiger partial charge in [-0.25, -0.2) is 0 Å². The maximum Gasteiger partial charge on any atom is 0.00387 e. The van der Waals surface area contributed by atoms with Gasteiger partial charge in [0.25, 0.3) is 0 Å². The van der Waals surface area contributed by atoms with Gasteiger partial charge in [-0.2, -0.15) is 12.6 Å². The smallest absolute Gasteiger partial charge is 0.00387 e. The average molecular weight is 231 g/mol. The molecule has 0 amide bonds. The summed E-state index contributed by atoms with van der Waals surface area (Å²) in [6.07, 6.45) is 5.27. The lowest BCUT2D eigenvalue weighted by molar-refractivity contribution is 0.188. The van der Waals surface area contributed by atoms with Crippen LogP contribution in [0, 0.1) is 5.92 Å². The molecule has 1 nitrogen and oxygen atoms in total. The summed E-state index contributed by atoms with van der Waals surface area (Å²) in [6, 6.07) is 0.677. The molecule has 1 atom stereocenters. The van der Waals surface area contributed by atoms with Crippen molar-refractivity contribution in [3.8, 4) is 0 Å². The summed E-state index contributed by atoms with van der Waals surface area (Å²) in [5, 5.41) is 0. The summed E-state index contributed by atoms with van der Waals surface area (Å²) in [4.78, 5) is 2.61. The van der Waals surface area contributed by atoms with Gasteiger partial charge in [0.05, 0.1) is 0 Å². The van der Waals surface area contributed by atoms with Gasteiger partial charge in [0.15, 0.2) is 0 Å². The Labute approximate surface area is 102 Å². The third-order valence-corrected chi connectivity index (χ3v) is 3.62. The zero-order valence-electron chi connectivity index (χ0n) is 11.0. The van der Waals surface area contributed by atoms with Crippen molar-refractivity contribution in [1.82, 2.24) is 4.90 Å². The molecule has 0 aromatic rings. The van der Waals surface area contributed by atoms with Gasteiger partial charge < -0.3 is 4.90 Å². The molecular weight excluding hydrogens is 202 g/mol. The Morgan fingerprint density at radius 2 is 1.80 bits per heavy atom. The molecule has 0 aliphatic carbocycles. The van der Waals surface area contributed by atoms with Gasteiger partial charge in [-0.1, -0.05) is 33.1 Å². The van der Waals surface area contributed by atoms with Crippen molar-refractivity contribution in [2.75, 3.05) is 18.8 Å². The Balaban J connectivity index is 3.91. The highest BCUT2D eigenvalue weighted by molar-refractivity contribution is 7.80. The van der Waals surface area contributed by atoms with Crippen molar-refractivity contribution in [2.24, 2.45) is 5.92 Å². The van der Waals surface area contributed by atoms with Crippen molar-refractivity contribution in [2.45, 2.75) is 59.4 Å². The minimum Gasteiger partial charge on any atom is -0.301 e. The molecule has 0 aliphatic rings. The van der Waals surface area contributed by atoms with E-state index in [0.29, 0.717) is 6.04 Å². The zero-order chi connectivity index (χ0) is 11.7. The highest BCUT2D eigenvalue weighted by Crippen LogP contribution is 2.11. The SMILES string of the molecule is CCCCCN(CC(CC)CS)C(C)C. The molecule has 0 N–H and O–H groups in total. The Morgan fingerprint density at radius 1 is 1.13 bits per heavy atom. The van der Waals surface area contributed by atoms with E-state index in [1.54, 1.807) is 0 Å². The fourth-order valence-electron chi connectivity index (χ4n) is 1.77. The summed E-state index contributed by atoms with van der Waals surface area (Å²) >= 11 is 4.42. The van der Waals surface area contributed by atoms with Gasteiger partial charge in [0.1, 0.15) is 0 Å². The predicted octanol–water partition coefficient (Wildman–Crippen LogP) is 3.84. The van der Waals surface area contributed by atoms with Crippen molar-refractivity contribution >= 4 is 12.6 Å². The van der Waals surface area contributed by atoms with Gasteiger partial charge >= 0.3 is 0 Å². The van der Waals surface area contributed by atoms with Crippen LogP contribution in [-0.2, 0) is 0 Å². The topological polar surface area (TPSA) is 3.24 Å². The Kier molecular flexibility index (Phi) is 9.73. The van der Waals surface area contributed by atoms with Crippen LogP contribution in [-0.4, -0.2) is 29.8 Å². The highest BCUT2D eigenvalue weighted by atomic mass is 32.1. The molecule has 15 heavy (non-hydrogen) atoms. The molecule has 1 unspecified atom stereocenters. The lowest BCUT2D eigenvalue weighted by Gasteiger charge is -2.29. The van der Waals surface area contributed by atoms with Crippen LogP contribution in [0.15, 0.2) is 0 Å². The van der Waals surface area contributed by atoms with Crippen LogP contribution in [0.25, 0.3) is 0 Å². The Hall–Kier alpha value is 0.310. The highest BCUT2D eigenvalue weighted by Gasteiger charge is 2.13. The number of thiol groups is 1. The number of nitrogens with zero attached hydrogens (tertiary/aromatic N) is 1. The Morgan fingerprint density at radius 3 is 2.20 bits per heavy atom. The standard InChI is InChI=1S/C13H29NS/c1-5-7-8-9-14(12(3)4)10-13(6-2)11-15/h12-13,15H,5-11H2,1-4H3. The third kappa shape index (κ3) is 7.24. The molecule has 0 aromatic heterocycles. The molecule has 0 radical (unpaired) electrons. The van der Waals surface area contributed by atoms with Crippen LogP contribution in [0.1, 0.15) is 53.4 Å². The summed E-state index contributed by atoms with van der Waals surface area (Å²) < 4.78 is 0. The number of unbranched alkanes of at least 4 members (excludes halogenated alkanes) is 2. The second kappa shape index (κ2) is 9.53. The van der Waals surface area contributed by atoms with E-state index in [1.807, 2.05) is 0 Å². The van der Waals surface area contributed by atoms with Gasteiger partial charge in [-0.05, 0) is 38.5 Å². The van der Waals surface area contributed by atoms with E-state index in [0.717, 1.165) is 11.7 Å². The van der Waals surface area contributed by atoms with Crippen LogP contribution in [0.2, 0.25) is 0 Å². The fourth-order valence-corrected chi connectivity index (χ4v) is 2.15. The second-order valence-electron chi connectivity index (χ2n) is 4.75. The minimum absolute atomic E-state index is 0.677. The first kappa shape index (κ1) is 15.3. The van der Waals surface area contributed by atoms with E-state index in [4.69, 9.17) is 0 Å². The quantitative estimate of drug-likeness (QED) is 0.466. The first-order valence-corrected chi connectivity index (χ1v) is 7.13. The molecular formula is C13H29NS. The monoisotopic (exact) mass is 231 g/mol. The summed E-state index contributed by atoms with van der Waals surface area (Å²) in [5.41, 5.74) is 0. The maximum atomic E-state index is 4.42. The van der Waals surface area contributed by atoms with E-state index >= 15 is 0 Å². The molecule has 0 aromatic carbocycles. The van der Waals surface area contributed by atoms with Crippen LogP contribution in [0.5, 0.6) is 0 Å². The molecule has 0 saturated carbocycles. The number of hydrogen-bond donors (Lipinski definition) is 1. The van der Waals surface area contributed by atoms with Crippen LogP contribution < -0.4 is 0 Å². The second-order valence-corrected chi connectivity index (χ2v) is 5.12. The predicted molar refractivity (Wildman–Crippen MR) is 73.9 cm³/mol. The van der Waals surface area contributed by atoms with Crippen molar-refractivity contribution in [3.63, 3.8) is 0 Å². The lowest BCUT2D eigenvalue weighted by Crippen LogP contribution is -2.36. The summed E-state index contributed by atoms with van der Waals surface area (Å²) in [6.45, 7) is 11.6. The largest absolute Gasteiger partial charge is 0.301 e. The summed E-state index contributed by atoms with van der Waals surface area (Å²) in [5.74, 6) is 1.78. The minimum atomic E-state index is 0.677. The molecule has 2 heteroatoms. The third-order valence-electron chi connectivity index (χ3n) is 3.11. The Bertz CT molecular complexity index is 132. The van der Waals surface area contributed by atoms with Crippen molar-refractivity contribution < 1.29 is 0 Å². The van der Waals surface area contributed by atoms with Crippen LogP contribution in [0.3, 0.4) is 0 Å². The van der Waals surface area contributed by atoms with E-state index in [9.17, 15) is 0 Å². The summed E-state index contributed by atoms with van der Waals surface area (Å²) in [7, 11) is 0. The molecule has 0 heterocycles. The van der Waals surface area contributed by atoms with Gasteiger partial charge in [-0.3, -0.25) is 0 Å². The van der Waals surface area contributed by atoms with E-state index in [2.05, 4.69) is 45.2 Å². The van der Waals surface area contributed by atoms with Gasteiger partial charge in [-0.15, -0.1) is 0 Å². The molecule has 0 rings (SSSR count). The van der Waals surface area contributed by atoms with Crippen molar-refractivity contribution in [3.05, 3.63) is 0 Å². The average Bonchev–Trinajstić information content (AvgIpc) is 2.23. The number of rotatable bonds is 9.